The van der Waals surface area contributed by atoms with E-state index >= 15 is 0 Å². The standard InChI is InChI=1S/C45H82NO9P/c1-6-7-8-9-10-11-12-13-18-22-25-28-31-34-37-45(49)55-43(41-54-56(50,51)53-39-38-46(3,4)5)40-52-44(48)36-33-30-27-24-21-19-16-14-15-17-20-23-26-29-32-35-42(2)47/h15-17,19,23-24,26-27,42-43,47H,6-14,18,20-22,25,28-41H2,1-5H3/p+1/b17-15-,19-16-,26-23-,27-24-/t42-,43-/m1/s1. The molecule has 0 aliphatic heterocycles. The number of likely N-dealkylation sites (N-methyl/N-ethyl adjacent to an activating group) is 1. The lowest BCUT2D eigenvalue weighted by Gasteiger charge is -2.24. The Labute approximate surface area is 342 Å². The molecule has 1 unspecified atom stereocenters. The molecular weight excluding hydrogens is 729 g/mol. The summed E-state index contributed by atoms with van der Waals surface area (Å²) in [5.74, 6) is -0.880. The van der Waals surface area contributed by atoms with Crippen molar-refractivity contribution in [2.45, 2.75) is 180 Å². The maximum Gasteiger partial charge on any atom is 0.472 e. The number of allylic oxidation sites excluding steroid dienone is 8. The van der Waals surface area contributed by atoms with E-state index in [1.807, 2.05) is 34.1 Å². The molecule has 10 nitrogen and oxygen atoms in total. The molecule has 0 rings (SSSR count). The number of hydrogen-bond donors (Lipinski definition) is 2. The predicted octanol–water partition coefficient (Wildman–Crippen LogP) is 11.3. The highest BCUT2D eigenvalue weighted by Gasteiger charge is 2.27. The van der Waals surface area contributed by atoms with E-state index in [0.717, 1.165) is 64.2 Å². The zero-order chi connectivity index (χ0) is 41.6. The SMILES string of the molecule is CCCCCCCCCCCCCCCCC(=O)O[C@H](COC(=O)CCC/C=C\C/C=C\C/C=C\C/C=C\CCC[C@@H](C)O)COP(=O)(O)OCC[N+](C)(C)C. The number of carbonyl (C=O) groups is 2. The number of aliphatic hydroxyl groups is 1. The summed E-state index contributed by atoms with van der Waals surface area (Å²) in [6, 6.07) is 0. The average Bonchev–Trinajstić information content (AvgIpc) is 3.13. The first-order chi connectivity index (χ1) is 26.8. The molecule has 0 saturated carbocycles. The van der Waals surface area contributed by atoms with E-state index in [0.29, 0.717) is 23.9 Å². The normalized spacial score (nSPS) is 14.6. The van der Waals surface area contributed by atoms with Crippen LogP contribution in [0, 0.1) is 0 Å². The Morgan fingerprint density at radius 2 is 1.09 bits per heavy atom. The lowest BCUT2D eigenvalue weighted by molar-refractivity contribution is -0.870. The minimum Gasteiger partial charge on any atom is -0.462 e. The first kappa shape index (κ1) is 53.9. The lowest BCUT2D eigenvalue weighted by atomic mass is 10.0. The summed E-state index contributed by atoms with van der Waals surface area (Å²) in [5, 5.41) is 9.27. The highest BCUT2D eigenvalue weighted by Crippen LogP contribution is 2.43. The molecule has 0 aromatic heterocycles. The van der Waals surface area contributed by atoms with E-state index in [-0.39, 0.29) is 32.2 Å². The molecule has 326 valence electrons. The zero-order valence-electron chi connectivity index (χ0n) is 36.2. The van der Waals surface area contributed by atoms with Gasteiger partial charge < -0.3 is 24.0 Å². The zero-order valence-corrected chi connectivity index (χ0v) is 37.1. The molecule has 0 aromatic rings. The number of esters is 2. The molecule has 0 radical (unpaired) electrons. The molecule has 0 amide bonds. The monoisotopic (exact) mass is 813 g/mol. The number of phosphoric acid groups is 1. The van der Waals surface area contributed by atoms with Gasteiger partial charge in [-0.1, -0.05) is 139 Å². The molecule has 0 fully saturated rings. The lowest BCUT2D eigenvalue weighted by Crippen LogP contribution is -2.37. The minimum absolute atomic E-state index is 0.0176. The van der Waals surface area contributed by atoms with Crippen LogP contribution in [-0.4, -0.2) is 86.1 Å². The second-order valence-corrected chi connectivity index (χ2v) is 17.5. The summed E-state index contributed by atoms with van der Waals surface area (Å²) in [6.07, 6.45) is 40.1. The molecule has 11 heteroatoms. The summed E-state index contributed by atoms with van der Waals surface area (Å²) in [5.41, 5.74) is 0. The fraction of sp³-hybridized carbons (Fsp3) is 0.778. The van der Waals surface area contributed by atoms with Crippen LogP contribution in [-0.2, 0) is 32.7 Å². The van der Waals surface area contributed by atoms with Crippen LogP contribution in [0.3, 0.4) is 0 Å². The Bertz CT molecular complexity index is 1110. The second-order valence-electron chi connectivity index (χ2n) is 16.0. The van der Waals surface area contributed by atoms with Crippen molar-refractivity contribution in [1.82, 2.24) is 0 Å². The van der Waals surface area contributed by atoms with E-state index < -0.39 is 32.5 Å². The Balaban J connectivity index is 4.45. The molecule has 0 spiro atoms. The Morgan fingerprint density at radius 1 is 0.625 bits per heavy atom. The van der Waals surface area contributed by atoms with Crippen molar-refractivity contribution in [1.29, 1.82) is 0 Å². The van der Waals surface area contributed by atoms with Crippen molar-refractivity contribution in [3.8, 4) is 0 Å². The Morgan fingerprint density at radius 3 is 1.59 bits per heavy atom. The number of aliphatic hydroxyl groups excluding tert-OH is 1. The number of rotatable bonds is 39. The van der Waals surface area contributed by atoms with Gasteiger partial charge in [-0.25, -0.2) is 4.57 Å². The highest BCUT2D eigenvalue weighted by molar-refractivity contribution is 7.47. The molecule has 2 N–H and O–H groups in total. The third kappa shape index (κ3) is 41.6. The summed E-state index contributed by atoms with van der Waals surface area (Å²) >= 11 is 0. The fourth-order valence-electron chi connectivity index (χ4n) is 5.67. The highest BCUT2D eigenvalue weighted by atomic mass is 31.2. The molecule has 0 heterocycles. The summed E-state index contributed by atoms with van der Waals surface area (Å²) in [7, 11) is 1.43. The number of ether oxygens (including phenoxy) is 2. The van der Waals surface area contributed by atoms with Crippen LogP contribution >= 0.6 is 7.82 Å². The van der Waals surface area contributed by atoms with Gasteiger partial charge in [0.05, 0.1) is 33.9 Å². The van der Waals surface area contributed by atoms with Crippen LogP contribution in [0.5, 0.6) is 0 Å². The van der Waals surface area contributed by atoms with Crippen LogP contribution in [0.15, 0.2) is 48.6 Å². The van der Waals surface area contributed by atoms with Gasteiger partial charge in [0.15, 0.2) is 6.10 Å². The first-order valence-electron chi connectivity index (χ1n) is 21.9. The summed E-state index contributed by atoms with van der Waals surface area (Å²) in [6.45, 7) is 3.90. The number of quaternary nitrogens is 1. The smallest absolute Gasteiger partial charge is 0.462 e. The van der Waals surface area contributed by atoms with E-state index in [9.17, 15) is 24.2 Å². The molecule has 56 heavy (non-hydrogen) atoms. The average molecular weight is 813 g/mol. The predicted molar refractivity (Wildman–Crippen MR) is 230 cm³/mol. The quantitative estimate of drug-likeness (QED) is 0.0205. The van der Waals surface area contributed by atoms with E-state index in [1.54, 1.807) is 0 Å². The van der Waals surface area contributed by atoms with Gasteiger partial charge >= 0.3 is 19.8 Å². The molecule has 0 aromatic carbocycles. The first-order valence-corrected chi connectivity index (χ1v) is 23.4. The van der Waals surface area contributed by atoms with Gasteiger partial charge in [-0.3, -0.25) is 18.6 Å². The molecule has 0 saturated heterocycles. The van der Waals surface area contributed by atoms with E-state index in [2.05, 4.69) is 49.5 Å². The van der Waals surface area contributed by atoms with Gasteiger partial charge in [0.25, 0.3) is 0 Å². The number of unbranched alkanes of at least 4 members (excludes halogenated alkanes) is 15. The van der Waals surface area contributed by atoms with Crippen molar-refractivity contribution in [2.24, 2.45) is 0 Å². The fourth-order valence-corrected chi connectivity index (χ4v) is 6.41. The third-order valence-corrected chi connectivity index (χ3v) is 10.1. The van der Waals surface area contributed by atoms with E-state index in [1.165, 1.54) is 64.2 Å². The van der Waals surface area contributed by atoms with Crippen LogP contribution in [0.1, 0.15) is 168 Å². The van der Waals surface area contributed by atoms with Crippen LogP contribution in [0.25, 0.3) is 0 Å². The van der Waals surface area contributed by atoms with Crippen molar-refractivity contribution >= 4 is 19.8 Å². The Hall–Kier alpha value is -2.07. The van der Waals surface area contributed by atoms with Crippen molar-refractivity contribution in [2.75, 3.05) is 47.5 Å². The molecular formula is C45H83NO9P+. The van der Waals surface area contributed by atoms with Crippen molar-refractivity contribution < 1.29 is 47.2 Å². The number of hydrogen-bond acceptors (Lipinski definition) is 8. The van der Waals surface area contributed by atoms with Gasteiger partial charge in [0.1, 0.15) is 19.8 Å². The van der Waals surface area contributed by atoms with Gasteiger partial charge in [0.2, 0.25) is 0 Å². The third-order valence-electron chi connectivity index (χ3n) is 9.13. The summed E-state index contributed by atoms with van der Waals surface area (Å²) < 4.78 is 34.2. The van der Waals surface area contributed by atoms with Crippen LogP contribution in [0.2, 0.25) is 0 Å². The van der Waals surface area contributed by atoms with Gasteiger partial charge in [0, 0.05) is 12.8 Å². The van der Waals surface area contributed by atoms with Gasteiger partial charge in [-0.15, -0.1) is 0 Å². The topological polar surface area (TPSA) is 129 Å². The maximum absolute atomic E-state index is 12.7. The molecule has 0 aliphatic rings. The second kappa shape index (κ2) is 37.2. The van der Waals surface area contributed by atoms with Crippen molar-refractivity contribution in [3.63, 3.8) is 0 Å². The largest absolute Gasteiger partial charge is 0.472 e. The number of nitrogens with zero attached hydrogens (tertiary/aromatic N) is 1. The molecule has 0 bridgehead atoms. The number of carbonyl (C=O) groups excluding carboxylic acids is 2. The number of phosphoric ester groups is 1. The maximum atomic E-state index is 12.7. The minimum atomic E-state index is -4.39. The van der Waals surface area contributed by atoms with Crippen LogP contribution < -0.4 is 0 Å². The van der Waals surface area contributed by atoms with Gasteiger partial charge in [-0.2, -0.15) is 0 Å². The van der Waals surface area contributed by atoms with E-state index in [4.69, 9.17) is 18.5 Å². The van der Waals surface area contributed by atoms with Crippen LogP contribution in [0.4, 0.5) is 0 Å². The molecule has 0 aliphatic carbocycles. The van der Waals surface area contributed by atoms with Gasteiger partial charge in [-0.05, 0) is 64.7 Å². The Kier molecular flexibility index (Phi) is 35.8. The molecule has 3 atom stereocenters. The summed E-state index contributed by atoms with van der Waals surface area (Å²) in [4.78, 5) is 35.3. The van der Waals surface area contributed by atoms with Crippen molar-refractivity contribution in [3.05, 3.63) is 48.6 Å².